The Bertz CT molecular complexity index is 526. The Hall–Kier alpha value is -1.11. The van der Waals surface area contributed by atoms with Crippen molar-refractivity contribution in [3.05, 3.63) is 24.3 Å². The number of nitrogens with zero attached hydrogens (tertiary/aromatic N) is 1. The van der Waals surface area contributed by atoms with Crippen molar-refractivity contribution in [3.8, 4) is 0 Å². The van der Waals surface area contributed by atoms with E-state index in [2.05, 4.69) is 23.5 Å². The molecule has 0 aliphatic carbocycles. The maximum absolute atomic E-state index is 11.9. The van der Waals surface area contributed by atoms with Crippen LogP contribution in [0.3, 0.4) is 0 Å². The van der Waals surface area contributed by atoms with Crippen LogP contribution in [0.1, 0.15) is 27.2 Å². The summed E-state index contributed by atoms with van der Waals surface area (Å²) in [6.07, 6.45) is 0.908. The molecule has 1 aromatic rings. The van der Waals surface area contributed by atoms with E-state index in [4.69, 9.17) is 5.73 Å². The van der Waals surface area contributed by atoms with Crippen LogP contribution < -0.4 is 15.4 Å². The maximum Gasteiger partial charge on any atom is 0.240 e. The molecule has 21 heavy (non-hydrogen) atoms. The van der Waals surface area contributed by atoms with E-state index in [0.29, 0.717) is 17.4 Å². The number of nitrogens with one attached hydrogen (secondary N) is 1. The smallest absolute Gasteiger partial charge is 0.240 e. The molecule has 0 amide bonds. The number of nitrogens with two attached hydrogens (primary N) is 1. The van der Waals surface area contributed by atoms with Gasteiger partial charge in [-0.2, -0.15) is 0 Å². The summed E-state index contributed by atoms with van der Waals surface area (Å²) in [4.78, 5) is 2.38. The van der Waals surface area contributed by atoms with Gasteiger partial charge in [0.1, 0.15) is 0 Å². The number of benzene rings is 1. The normalized spacial score (nSPS) is 13.4. The molecule has 5 nitrogen and oxygen atoms in total. The Balaban J connectivity index is 2.69. The lowest BCUT2D eigenvalue weighted by Crippen LogP contribution is -2.31. The molecule has 0 radical (unpaired) electrons. The molecule has 120 valence electrons. The van der Waals surface area contributed by atoms with E-state index in [0.717, 1.165) is 18.7 Å². The molecular formula is C15H27N3O2S. The van der Waals surface area contributed by atoms with Gasteiger partial charge in [0.25, 0.3) is 0 Å². The Morgan fingerprint density at radius 1 is 1.24 bits per heavy atom. The van der Waals surface area contributed by atoms with Gasteiger partial charge in [0.15, 0.2) is 0 Å². The predicted octanol–water partition coefficient (Wildman–Crippen LogP) is 1.79. The zero-order valence-electron chi connectivity index (χ0n) is 13.3. The first-order chi connectivity index (χ1) is 9.77. The van der Waals surface area contributed by atoms with Gasteiger partial charge in [0, 0.05) is 31.9 Å². The molecule has 0 aliphatic heterocycles. The molecule has 3 N–H and O–H groups in total. The van der Waals surface area contributed by atoms with E-state index in [-0.39, 0.29) is 6.04 Å². The SMILES string of the molecule is CCNS(=O)(=O)c1ccc(N(C)CCC(N)C(C)C)cc1. The number of anilines is 1. The van der Waals surface area contributed by atoms with Gasteiger partial charge in [-0.15, -0.1) is 0 Å². The largest absolute Gasteiger partial charge is 0.375 e. The van der Waals surface area contributed by atoms with Crippen molar-refractivity contribution in [1.29, 1.82) is 0 Å². The molecule has 0 fully saturated rings. The predicted molar refractivity (Wildman–Crippen MR) is 88.0 cm³/mol. The molecule has 1 atom stereocenters. The molecule has 0 aromatic heterocycles. The van der Waals surface area contributed by atoms with Gasteiger partial charge in [0.05, 0.1) is 4.90 Å². The van der Waals surface area contributed by atoms with Crippen molar-refractivity contribution < 1.29 is 8.42 Å². The molecule has 0 aliphatic rings. The summed E-state index contributed by atoms with van der Waals surface area (Å²) < 4.78 is 26.2. The second-order valence-corrected chi connectivity index (χ2v) is 7.38. The molecule has 0 saturated heterocycles. The lowest BCUT2D eigenvalue weighted by molar-refractivity contribution is 0.466. The molecule has 0 spiro atoms. The van der Waals surface area contributed by atoms with E-state index in [9.17, 15) is 8.42 Å². The molecule has 6 heteroatoms. The van der Waals surface area contributed by atoms with Crippen LogP contribution in [-0.4, -0.2) is 34.6 Å². The van der Waals surface area contributed by atoms with E-state index in [1.807, 2.05) is 19.2 Å². The fourth-order valence-corrected chi connectivity index (χ4v) is 3.00. The van der Waals surface area contributed by atoms with Crippen molar-refractivity contribution in [2.24, 2.45) is 11.7 Å². The van der Waals surface area contributed by atoms with Gasteiger partial charge >= 0.3 is 0 Å². The van der Waals surface area contributed by atoms with Crippen LogP contribution in [0.25, 0.3) is 0 Å². The molecule has 0 heterocycles. The highest BCUT2D eigenvalue weighted by Gasteiger charge is 2.13. The van der Waals surface area contributed by atoms with E-state index in [1.165, 1.54) is 0 Å². The number of sulfonamides is 1. The minimum atomic E-state index is -3.38. The fourth-order valence-electron chi connectivity index (χ4n) is 1.96. The van der Waals surface area contributed by atoms with Crippen LogP contribution in [0.5, 0.6) is 0 Å². The summed E-state index contributed by atoms with van der Waals surface area (Å²) in [7, 11) is -1.39. The second kappa shape index (κ2) is 7.77. The third-order valence-electron chi connectivity index (χ3n) is 3.58. The van der Waals surface area contributed by atoms with Crippen LogP contribution >= 0.6 is 0 Å². The van der Waals surface area contributed by atoms with E-state index in [1.54, 1.807) is 19.1 Å². The first kappa shape index (κ1) is 17.9. The Morgan fingerprint density at radius 3 is 2.29 bits per heavy atom. The van der Waals surface area contributed by atoms with Crippen molar-refractivity contribution in [1.82, 2.24) is 4.72 Å². The topological polar surface area (TPSA) is 75.4 Å². The zero-order valence-corrected chi connectivity index (χ0v) is 14.2. The first-order valence-corrected chi connectivity index (χ1v) is 8.82. The Morgan fingerprint density at radius 2 is 1.81 bits per heavy atom. The first-order valence-electron chi connectivity index (χ1n) is 7.34. The molecule has 0 bridgehead atoms. The van der Waals surface area contributed by atoms with Crippen LogP contribution in [-0.2, 0) is 10.0 Å². The highest BCUT2D eigenvalue weighted by Crippen LogP contribution is 2.17. The molecule has 1 rings (SSSR count). The second-order valence-electron chi connectivity index (χ2n) is 5.61. The van der Waals surface area contributed by atoms with E-state index < -0.39 is 10.0 Å². The summed E-state index contributed by atoms with van der Waals surface area (Å²) in [5, 5.41) is 0. The summed E-state index contributed by atoms with van der Waals surface area (Å²) in [6, 6.07) is 7.09. The third-order valence-corrected chi connectivity index (χ3v) is 5.14. The maximum atomic E-state index is 11.9. The Kier molecular flexibility index (Phi) is 6.64. The number of hydrogen-bond donors (Lipinski definition) is 2. The molecule has 1 unspecified atom stereocenters. The lowest BCUT2D eigenvalue weighted by atomic mass is 10.0. The van der Waals surface area contributed by atoms with Crippen molar-refractivity contribution in [3.63, 3.8) is 0 Å². The van der Waals surface area contributed by atoms with Gasteiger partial charge in [-0.05, 0) is 36.6 Å². The minimum Gasteiger partial charge on any atom is -0.375 e. The van der Waals surface area contributed by atoms with Crippen LogP contribution in [0.2, 0.25) is 0 Å². The highest BCUT2D eigenvalue weighted by atomic mass is 32.2. The van der Waals surface area contributed by atoms with Gasteiger partial charge in [0.2, 0.25) is 10.0 Å². The van der Waals surface area contributed by atoms with Gasteiger partial charge in [-0.25, -0.2) is 13.1 Å². The van der Waals surface area contributed by atoms with Crippen LogP contribution in [0, 0.1) is 5.92 Å². The van der Waals surface area contributed by atoms with Crippen molar-refractivity contribution in [2.75, 3.05) is 25.0 Å². The van der Waals surface area contributed by atoms with Crippen LogP contribution in [0.4, 0.5) is 5.69 Å². The van der Waals surface area contributed by atoms with Gasteiger partial charge in [-0.3, -0.25) is 0 Å². The minimum absolute atomic E-state index is 0.181. The standard InChI is InChI=1S/C15H27N3O2S/c1-5-17-21(19,20)14-8-6-13(7-9-14)18(4)11-10-15(16)12(2)3/h6-9,12,15,17H,5,10-11,16H2,1-4H3. The van der Waals surface area contributed by atoms with E-state index >= 15 is 0 Å². The van der Waals surface area contributed by atoms with Gasteiger partial charge < -0.3 is 10.6 Å². The molecular weight excluding hydrogens is 286 g/mol. The quantitative estimate of drug-likeness (QED) is 0.767. The fraction of sp³-hybridized carbons (Fsp3) is 0.600. The molecule has 1 aromatic carbocycles. The third kappa shape index (κ3) is 5.30. The van der Waals surface area contributed by atoms with Crippen molar-refractivity contribution in [2.45, 2.75) is 38.1 Å². The zero-order chi connectivity index (χ0) is 16.0. The summed E-state index contributed by atoms with van der Waals surface area (Å²) in [6.45, 7) is 7.23. The lowest BCUT2D eigenvalue weighted by Gasteiger charge is -2.23. The average molecular weight is 313 g/mol. The highest BCUT2D eigenvalue weighted by molar-refractivity contribution is 7.89. The summed E-state index contributed by atoms with van der Waals surface area (Å²) in [5.41, 5.74) is 7.03. The average Bonchev–Trinajstić information content (AvgIpc) is 2.44. The van der Waals surface area contributed by atoms with Crippen LogP contribution in [0.15, 0.2) is 29.2 Å². The number of hydrogen-bond acceptors (Lipinski definition) is 4. The summed E-state index contributed by atoms with van der Waals surface area (Å²) in [5.74, 6) is 0.464. The monoisotopic (exact) mass is 313 g/mol. The molecule has 0 saturated carbocycles. The summed E-state index contributed by atoms with van der Waals surface area (Å²) >= 11 is 0. The van der Waals surface area contributed by atoms with Crippen molar-refractivity contribution >= 4 is 15.7 Å². The van der Waals surface area contributed by atoms with Gasteiger partial charge in [-0.1, -0.05) is 20.8 Å². The number of rotatable bonds is 8. The Labute approximate surface area is 128 Å².